The van der Waals surface area contributed by atoms with Gasteiger partial charge in [-0.05, 0) is 72.8 Å². The normalized spacial score (nSPS) is 27.9. The molecule has 2 fully saturated rings. The Morgan fingerprint density at radius 2 is 1.67 bits per heavy atom. The lowest BCUT2D eigenvalue weighted by Crippen LogP contribution is -2.49. The Labute approximate surface area is 262 Å². The topological polar surface area (TPSA) is 116 Å². The van der Waals surface area contributed by atoms with Crippen LogP contribution in [0.25, 0.3) is 0 Å². The van der Waals surface area contributed by atoms with Crippen LogP contribution in [-0.2, 0) is 19.8 Å². The van der Waals surface area contributed by atoms with Crippen molar-refractivity contribution in [2.75, 3.05) is 5.32 Å². The molecule has 0 radical (unpaired) electrons. The van der Waals surface area contributed by atoms with Gasteiger partial charge in [0.25, 0.3) is 0 Å². The monoisotopic (exact) mass is 658 g/mol. The fourth-order valence-corrected chi connectivity index (χ4v) is 7.15. The number of carbonyl (C=O) groups is 3. The number of carboxylic acid groups (broad SMARTS) is 1. The number of alkyl halides is 3. The highest BCUT2D eigenvalue weighted by atomic mass is 35.5. The van der Waals surface area contributed by atoms with E-state index in [0.29, 0.717) is 30.5 Å². The fraction of sp³-hybridized carbons (Fsp3) is 0.531. The molecule has 7 nitrogen and oxygen atoms in total. The molecule has 2 aromatic rings. The number of aliphatic hydroxyl groups is 1. The predicted molar refractivity (Wildman–Crippen MR) is 157 cm³/mol. The van der Waals surface area contributed by atoms with Crippen LogP contribution in [0, 0.1) is 23.0 Å². The number of amides is 1. The molecule has 4 N–H and O–H groups in total. The lowest BCUT2D eigenvalue weighted by atomic mass is 9.62. The number of carboxylic acids is 1. The molecule has 13 heteroatoms. The van der Waals surface area contributed by atoms with Gasteiger partial charge in [-0.3, -0.25) is 9.59 Å². The van der Waals surface area contributed by atoms with E-state index in [1.54, 1.807) is 18.2 Å². The van der Waals surface area contributed by atoms with E-state index in [1.807, 2.05) is 0 Å². The van der Waals surface area contributed by atoms with Crippen LogP contribution in [-0.4, -0.2) is 52.2 Å². The highest BCUT2D eigenvalue weighted by Crippen LogP contribution is 2.57. The summed E-state index contributed by atoms with van der Waals surface area (Å²) in [4.78, 5) is 37.0. The van der Waals surface area contributed by atoms with Crippen LogP contribution in [0.5, 0.6) is 0 Å². The van der Waals surface area contributed by atoms with E-state index in [9.17, 15) is 32.3 Å². The molecular formula is C32H36ClF5N2O5. The average molecular weight is 659 g/mol. The number of aliphatic hydroxyl groups excluding tert-OH is 1. The summed E-state index contributed by atoms with van der Waals surface area (Å²) in [5, 5.41) is 23.3. The second-order valence-electron chi connectivity index (χ2n) is 13.2. The maximum atomic E-state index is 15.8. The van der Waals surface area contributed by atoms with E-state index >= 15 is 4.39 Å². The van der Waals surface area contributed by atoms with E-state index in [0.717, 1.165) is 12.8 Å². The zero-order valence-electron chi connectivity index (χ0n) is 25.0. The van der Waals surface area contributed by atoms with Crippen molar-refractivity contribution >= 4 is 34.9 Å². The predicted octanol–water partition coefficient (Wildman–Crippen LogP) is 6.51. The molecule has 2 aromatic carbocycles. The van der Waals surface area contributed by atoms with Crippen LogP contribution in [0.3, 0.4) is 0 Å². The van der Waals surface area contributed by atoms with Gasteiger partial charge in [0.05, 0.1) is 17.2 Å². The number of ketones is 1. The quantitative estimate of drug-likeness (QED) is 0.272. The largest absolute Gasteiger partial charge is 0.490 e. The Balaban J connectivity index is 0.000000591. The second kappa shape index (κ2) is 13.0. The van der Waals surface area contributed by atoms with Crippen molar-refractivity contribution in [1.29, 1.82) is 0 Å². The summed E-state index contributed by atoms with van der Waals surface area (Å²) in [6, 6.07) is 7.50. The molecule has 0 unspecified atom stereocenters. The maximum absolute atomic E-state index is 15.8. The zero-order chi connectivity index (χ0) is 33.5. The molecular weight excluding hydrogens is 623 g/mol. The average Bonchev–Trinajstić information content (AvgIpc) is 3.40. The molecule has 1 saturated heterocycles. The van der Waals surface area contributed by atoms with Crippen LogP contribution in [0.4, 0.5) is 27.6 Å². The number of fused-ring (bicyclic) bond motifs is 2. The number of anilines is 1. The van der Waals surface area contributed by atoms with Crippen LogP contribution in [0.2, 0.25) is 5.02 Å². The van der Waals surface area contributed by atoms with Crippen molar-refractivity contribution in [3.63, 3.8) is 0 Å². The van der Waals surface area contributed by atoms with Gasteiger partial charge < -0.3 is 20.8 Å². The minimum Gasteiger partial charge on any atom is -0.475 e. The molecule has 1 spiro atoms. The molecule has 3 aliphatic rings. The Kier molecular flexibility index (Phi) is 10.0. The molecule has 1 amide bonds. The van der Waals surface area contributed by atoms with E-state index in [4.69, 9.17) is 21.5 Å². The van der Waals surface area contributed by atoms with Gasteiger partial charge in [-0.25, -0.2) is 13.6 Å². The summed E-state index contributed by atoms with van der Waals surface area (Å²) in [6.45, 7) is 6.16. The first-order valence-electron chi connectivity index (χ1n) is 14.7. The number of nitrogens with one attached hydrogen (secondary N) is 2. The third kappa shape index (κ3) is 7.18. The summed E-state index contributed by atoms with van der Waals surface area (Å²) in [5.74, 6) is -5.13. The second-order valence-corrected chi connectivity index (χ2v) is 13.7. The van der Waals surface area contributed by atoms with Crippen LogP contribution < -0.4 is 10.6 Å². The van der Waals surface area contributed by atoms with E-state index in [-0.39, 0.29) is 46.1 Å². The van der Waals surface area contributed by atoms with Crippen molar-refractivity contribution in [3.8, 4) is 0 Å². The SMILES string of the molecule is CC(C)(C)C[C@H]1N[C@@H](C(=O)CC2CCC(O)CC2)[C@H](c2cccc(Cl)c2F)[C@@]12C(=O)Nc1cc(F)ccc12.O=C(O)C(F)(F)F. The van der Waals surface area contributed by atoms with Crippen LogP contribution >= 0.6 is 11.6 Å². The number of hydrogen-bond donors (Lipinski definition) is 4. The smallest absolute Gasteiger partial charge is 0.475 e. The summed E-state index contributed by atoms with van der Waals surface area (Å²) in [6.07, 6.45) is -1.82. The lowest BCUT2D eigenvalue weighted by Gasteiger charge is -2.38. The number of carbonyl (C=O) groups excluding carboxylic acids is 2. The Bertz CT molecular complexity index is 1450. The first-order valence-corrected chi connectivity index (χ1v) is 15.1. The van der Waals surface area contributed by atoms with Gasteiger partial charge in [0, 0.05) is 24.1 Å². The molecule has 1 aliphatic carbocycles. The number of rotatable bonds is 5. The first-order chi connectivity index (χ1) is 20.9. The maximum Gasteiger partial charge on any atom is 0.490 e. The van der Waals surface area contributed by atoms with E-state index in [2.05, 4.69) is 31.4 Å². The summed E-state index contributed by atoms with van der Waals surface area (Å²) in [7, 11) is 0. The van der Waals surface area contributed by atoms with Gasteiger partial charge in [-0.2, -0.15) is 13.2 Å². The fourth-order valence-electron chi connectivity index (χ4n) is 6.96. The molecule has 4 atom stereocenters. The molecule has 2 heterocycles. The van der Waals surface area contributed by atoms with Gasteiger partial charge in [0.2, 0.25) is 5.91 Å². The Morgan fingerprint density at radius 1 is 1.04 bits per heavy atom. The summed E-state index contributed by atoms with van der Waals surface area (Å²) in [5.41, 5.74) is -0.470. The molecule has 0 bridgehead atoms. The van der Waals surface area contributed by atoms with E-state index in [1.165, 1.54) is 18.2 Å². The molecule has 45 heavy (non-hydrogen) atoms. The standard InChI is InChI=1S/C30H35ClF2N2O3.C2HF3O2/c1-29(2,3)15-24-30(20-12-9-17(32)14-22(20)34-28(30)38)25(19-5-4-6-21(31)26(19)33)27(35-24)23(37)13-16-7-10-18(36)11-8-16;3-2(4,5)1(6)7/h4-6,9,12,14,16,18,24-25,27,35-36H,7-8,10-11,13,15H2,1-3H3,(H,34,38);(H,6,7)/t16?,18?,24-,25+,27+,30+;/m1./s1. The lowest BCUT2D eigenvalue weighted by molar-refractivity contribution is -0.192. The van der Waals surface area contributed by atoms with Gasteiger partial charge in [0.15, 0.2) is 5.78 Å². The minimum absolute atomic E-state index is 0.0814. The first kappa shape index (κ1) is 34.8. The van der Waals surface area contributed by atoms with Crippen molar-refractivity contribution in [2.45, 2.75) is 95.0 Å². The van der Waals surface area contributed by atoms with Gasteiger partial charge >= 0.3 is 12.1 Å². The van der Waals surface area contributed by atoms with Crippen LogP contribution in [0.1, 0.15) is 76.3 Å². The van der Waals surface area contributed by atoms with Crippen LogP contribution in [0.15, 0.2) is 36.4 Å². The van der Waals surface area contributed by atoms with Gasteiger partial charge in [-0.15, -0.1) is 0 Å². The van der Waals surface area contributed by atoms with Gasteiger partial charge in [-0.1, -0.05) is 50.6 Å². The van der Waals surface area contributed by atoms with Crippen molar-refractivity contribution < 1.29 is 46.5 Å². The third-order valence-corrected chi connectivity index (χ3v) is 9.13. The third-order valence-electron chi connectivity index (χ3n) is 8.83. The summed E-state index contributed by atoms with van der Waals surface area (Å²) >= 11 is 6.23. The highest BCUT2D eigenvalue weighted by molar-refractivity contribution is 6.30. The molecule has 5 rings (SSSR count). The highest BCUT2D eigenvalue weighted by Gasteiger charge is 2.66. The van der Waals surface area contributed by atoms with Crippen molar-refractivity contribution in [3.05, 3.63) is 64.2 Å². The summed E-state index contributed by atoms with van der Waals surface area (Å²) < 4.78 is 61.8. The van der Waals surface area contributed by atoms with Crippen molar-refractivity contribution in [1.82, 2.24) is 5.32 Å². The number of benzene rings is 2. The molecule has 1 saturated carbocycles. The van der Waals surface area contributed by atoms with E-state index < -0.39 is 47.2 Å². The molecule has 0 aromatic heterocycles. The number of Topliss-reactive ketones (excluding diaryl/α,β-unsaturated/α-hetero) is 1. The zero-order valence-corrected chi connectivity index (χ0v) is 25.7. The number of halogens is 6. The minimum atomic E-state index is -5.08. The molecule has 2 aliphatic heterocycles. The number of aliphatic carboxylic acids is 1. The Hall–Kier alpha value is -3.09. The van der Waals surface area contributed by atoms with Crippen molar-refractivity contribution in [2.24, 2.45) is 11.3 Å². The number of hydrogen-bond acceptors (Lipinski definition) is 5. The molecule has 246 valence electrons. The van der Waals surface area contributed by atoms with Gasteiger partial charge in [0.1, 0.15) is 17.0 Å². The Morgan fingerprint density at radius 3 is 2.24 bits per heavy atom.